The van der Waals surface area contributed by atoms with Gasteiger partial charge < -0.3 is 20.5 Å². The van der Waals surface area contributed by atoms with E-state index in [-0.39, 0.29) is 19.1 Å². The molecule has 0 aliphatic carbocycles. The zero-order valence-corrected chi connectivity index (χ0v) is 12.6. The number of likely N-dealkylation sites (N-methyl/N-ethyl adjacent to an activating group) is 1. The fraction of sp³-hybridized carbons (Fsp3) is 0.615. The zero-order chi connectivity index (χ0) is 15.4. The predicted octanol–water partition coefficient (Wildman–Crippen LogP) is 0.206. The molecule has 7 nitrogen and oxygen atoms in total. The Hall–Kier alpha value is -1.51. The number of carboxylic acid groups (broad SMARTS) is 1. The number of thiazole rings is 1. The molecule has 116 valence electrons. The molecule has 8 heteroatoms. The Bertz CT molecular complexity index is 519. The summed E-state index contributed by atoms with van der Waals surface area (Å²) < 4.78 is 5.23. The van der Waals surface area contributed by atoms with Gasteiger partial charge in [0, 0.05) is 18.3 Å². The van der Waals surface area contributed by atoms with Crippen LogP contribution in [-0.4, -0.2) is 59.2 Å². The van der Waals surface area contributed by atoms with E-state index in [9.17, 15) is 14.7 Å². The monoisotopic (exact) mass is 313 g/mol. The normalized spacial score (nSPS) is 21.4. The molecule has 1 aromatic heterocycles. The summed E-state index contributed by atoms with van der Waals surface area (Å²) in [6.07, 6.45) is 0.633. The van der Waals surface area contributed by atoms with Crippen molar-refractivity contribution in [3.63, 3.8) is 0 Å². The number of nitrogens with zero attached hydrogens (tertiary/aromatic N) is 2. The Kier molecular flexibility index (Phi) is 5.27. The number of carboxylic acids is 1. The molecule has 2 atom stereocenters. The lowest BCUT2D eigenvalue weighted by Crippen LogP contribution is -2.46. The van der Waals surface area contributed by atoms with Crippen molar-refractivity contribution >= 4 is 23.2 Å². The number of amides is 1. The fourth-order valence-corrected chi connectivity index (χ4v) is 3.20. The minimum absolute atomic E-state index is 0.138. The molecule has 0 radical (unpaired) electrons. The molecule has 2 heterocycles. The van der Waals surface area contributed by atoms with E-state index in [2.05, 4.69) is 4.98 Å². The van der Waals surface area contributed by atoms with Crippen LogP contribution in [0.3, 0.4) is 0 Å². The summed E-state index contributed by atoms with van der Waals surface area (Å²) in [6.45, 7) is 3.11. The zero-order valence-electron chi connectivity index (χ0n) is 11.8. The molecule has 2 rings (SSSR count). The lowest BCUT2D eigenvalue weighted by atomic mass is 10.0. The maximum atomic E-state index is 12.5. The molecule has 1 amide bonds. The third-order valence-corrected chi connectivity index (χ3v) is 4.41. The molecular weight excluding hydrogens is 294 g/mol. The summed E-state index contributed by atoms with van der Waals surface area (Å²) in [4.78, 5) is 29.6. The highest BCUT2D eigenvalue weighted by molar-refractivity contribution is 7.09. The van der Waals surface area contributed by atoms with Gasteiger partial charge in [-0.3, -0.25) is 9.59 Å². The van der Waals surface area contributed by atoms with Crippen LogP contribution in [0.4, 0.5) is 0 Å². The van der Waals surface area contributed by atoms with E-state index in [1.54, 1.807) is 5.38 Å². The number of nitrogens with two attached hydrogens (primary N) is 1. The largest absolute Gasteiger partial charge is 0.481 e. The Morgan fingerprint density at radius 2 is 2.33 bits per heavy atom. The number of aliphatic carboxylic acids is 1. The highest BCUT2D eigenvalue weighted by atomic mass is 32.1. The van der Waals surface area contributed by atoms with Gasteiger partial charge >= 0.3 is 5.97 Å². The minimum Gasteiger partial charge on any atom is -0.481 e. The fourth-order valence-electron chi connectivity index (χ4n) is 2.41. The molecule has 0 bridgehead atoms. The maximum absolute atomic E-state index is 12.5. The molecule has 1 fully saturated rings. The summed E-state index contributed by atoms with van der Waals surface area (Å²) in [5.74, 6) is -1.87. The number of hydrogen-bond acceptors (Lipinski definition) is 6. The molecule has 3 N–H and O–H groups in total. The van der Waals surface area contributed by atoms with Crippen molar-refractivity contribution in [1.29, 1.82) is 0 Å². The second-order valence-corrected chi connectivity index (χ2v) is 5.75. The summed E-state index contributed by atoms with van der Waals surface area (Å²) in [5.41, 5.74) is 5.82. The highest BCUT2D eigenvalue weighted by Gasteiger charge is 2.40. The molecule has 0 aromatic carbocycles. The third-order valence-electron chi connectivity index (χ3n) is 3.50. The first kappa shape index (κ1) is 15.9. The first-order valence-corrected chi connectivity index (χ1v) is 7.72. The van der Waals surface area contributed by atoms with Crippen LogP contribution in [0.1, 0.15) is 22.4 Å². The quantitative estimate of drug-likeness (QED) is 0.777. The van der Waals surface area contributed by atoms with Gasteiger partial charge in [-0.2, -0.15) is 0 Å². The van der Waals surface area contributed by atoms with E-state index < -0.39 is 17.9 Å². The Morgan fingerprint density at radius 1 is 1.57 bits per heavy atom. The standard InChI is InChI=1S/C13H19N3O4S/c1-2-16(10-6-20-5-8(10)13(18)19)12(17)9-7-21-11(15-9)3-4-14/h7-8,10H,2-6,14H2,1H3,(H,18,19). The lowest BCUT2D eigenvalue weighted by Gasteiger charge is -2.28. The van der Waals surface area contributed by atoms with E-state index in [1.807, 2.05) is 6.92 Å². The number of rotatable bonds is 6. The second kappa shape index (κ2) is 6.97. The number of carbonyl (C=O) groups is 2. The first-order valence-electron chi connectivity index (χ1n) is 6.84. The smallest absolute Gasteiger partial charge is 0.311 e. The number of aromatic nitrogens is 1. The van der Waals surface area contributed by atoms with Crippen molar-refractivity contribution in [3.05, 3.63) is 16.1 Å². The number of hydrogen-bond donors (Lipinski definition) is 2. The third kappa shape index (κ3) is 3.39. The van der Waals surface area contributed by atoms with Crippen molar-refractivity contribution in [1.82, 2.24) is 9.88 Å². The van der Waals surface area contributed by atoms with Crippen molar-refractivity contribution in [2.24, 2.45) is 11.7 Å². The van der Waals surface area contributed by atoms with Crippen LogP contribution in [0.5, 0.6) is 0 Å². The van der Waals surface area contributed by atoms with Gasteiger partial charge in [0.25, 0.3) is 5.91 Å². The molecule has 1 saturated heterocycles. The summed E-state index contributed by atoms with van der Waals surface area (Å²) >= 11 is 1.39. The molecule has 21 heavy (non-hydrogen) atoms. The number of ether oxygens (including phenoxy) is 1. The summed E-state index contributed by atoms with van der Waals surface area (Å²) in [7, 11) is 0. The average Bonchev–Trinajstić information content (AvgIpc) is 3.09. The van der Waals surface area contributed by atoms with Gasteiger partial charge in [-0.1, -0.05) is 0 Å². The van der Waals surface area contributed by atoms with E-state index in [0.29, 0.717) is 25.2 Å². The van der Waals surface area contributed by atoms with Gasteiger partial charge in [0.1, 0.15) is 11.6 Å². The molecule has 2 unspecified atom stereocenters. The van der Waals surface area contributed by atoms with Crippen LogP contribution in [0, 0.1) is 5.92 Å². The average molecular weight is 313 g/mol. The van der Waals surface area contributed by atoms with Crippen LogP contribution in [0.15, 0.2) is 5.38 Å². The Labute approximate surface area is 126 Å². The van der Waals surface area contributed by atoms with Gasteiger partial charge in [0.05, 0.1) is 24.3 Å². The van der Waals surface area contributed by atoms with Crippen molar-refractivity contribution in [3.8, 4) is 0 Å². The van der Waals surface area contributed by atoms with Crippen LogP contribution >= 0.6 is 11.3 Å². The van der Waals surface area contributed by atoms with Gasteiger partial charge in [-0.25, -0.2) is 4.98 Å². The first-order chi connectivity index (χ1) is 10.1. The van der Waals surface area contributed by atoms with Crippen LogP contribution in [0.25, 0.3) is 0 Å². The lowest BCUT2D eigenvalue weighted by molar-refractivity contribution is -0.142. The maximum Gasteiger partial charge on any atom is 0.311 e. The molecule has 1 aromatic rings. The molecule has 1 aliphatic rings. The highest BCUT2D eigenvalue weighted by Crippen LogP contribution is 2.22. The summed E-state index contributed by atoms with van der Waals surface area (Å²) in [5, 5.41) is 11.7. The number of carbonyl (C=O) groups excluding carboxylic acids is 1. The minimum atomic E-state index is -0.939. The molecular formula is C13H19N3O4S. The van der Waals surface area contributed by atoms with Crippen LogP contribution in [-0.2, 0) is 16.0 Å². The SMILES string of the molecule is CCN(C(=O)c1csc(CCN)n1)C1COCC1C(=O)O. The Balaban J connectivity index is 2.15. The van der Waals surface area contributed by atoms with Crippen molar-refractivity contribution in [2.75, 3.05) is 26.3 Å². The van der Waals surface area contributed by atoms with Crippen molar-refractivity contribution < 1.29 is 19.4 Å². The van der Waals surface area contributed by atoms with E-state index in [1.165, 1.54) is 16.2 Å². The summed E-state index contributed by atoms with van der Waals surface area (Å²) in [6, 6.07) is -0.445. The predicted molar refractivity (Wildman–Crippen MR) is 77.3 cm³/mol. The molecule has 0 spiro atoms. The topological polar surface area (TPSA) is 106 Å². The van der Waals surface area contributed by atoms with Gasteiger partial charge in [-0.15, -0.1) is 11.3 Å². The second-order valence-electron chi connectivity index (χ2n) is 4.81. The van der Waals surface area contributed by atoms with Crippen LogP contribution < -0.4 is 5.73 Å². The van der Waals surface area contributed by atoms with Crippen LogP contribution in [0.2, 0.25) is 0 Å². The van der Waals surface area contributed by atoms with E-state index >= 15 is 0 Å². The van der Waals surface area contributed by atoms with Gasteiger partial charge in [0.15, 0.2) is 0 Å². The van der Waals surface area contributed by atoms with E-state index in [4.69, 9.17) is 10.5 Å². The van der Waals surface area contributed by atoms with Gasteiger partial charge in [0.2, 0.25) is 0 Å². The Morgan fingerprint density at radius 3 is 2.95 bits per heavy atom. The molecule has 0 saturated carbocycles. The van der Waals surface area contributed by atoms with E-state index in [0.717, 1.165) is 5.01 Å². The van der Waals surface area contributed by atoms with Gasteiger partial charge in [-0.05, 0) is 13.5 Å². The van der Waals surface area contributed by atoms with Crippen molar-refractivity contribution in [2.45, 2.75) is 19.4 Å². The molecule has 1 aliphatic heterocycles.